The van der Waals surface area contributed by atoms with Crippen molar-refractivity contribution in [2.24, 2.45) is 0 Å². The predicted molar refractivity (Wildman–Crippen MR) is 85.4 cm³/mol. The Bertz CT molecular complexity index is 596. The number of carboxylic acids is 1. The first-order valence-corrected chi connectivity index (χ1v) is 7.75. The molecule has 0 spiro atoms. The molecule has 0 saturated heterocycles. The fourth-order valence-corrected chi connectivity index (χ4v) is 3.08. The molecule has 0 heterocycles. The fourth-order valence-electron chi connectivity index (χ4n) is 2.01. The van der Waals surface area contributed by atoms with E-state index >= 15 is 0 Å². The second-order valence-corrected chi connectivity index (χ2v) is 6.06. The van der Waals surface area contributed by atoms with Crippen LogP contribution in [0.1, 0.15) is 17.7 Å². The van der Waals surface area contributed by atoms with Crippen LogP contribution in [0.15, 0.2) is 48.5 Å². The highest BCUT2D eigenvalue weighted by Gasteiger charge is 2.19. The second-order valence-electron chi connectivity index (χ2n) is 4.28. The maximum atomic E-state index is 11.3. The zero-order valence-corrected chi connectivity index (χ0v) is 12.6. The number of hydrogen-bond donors (Lipinski definition) is 1. The first kappa shape index (κ1) is 14.9. The molecule has 0 aliphatic rings. The largest absolute Gasteiger partial charge is 0.480 e. The van der Waals surface area contributed by atoms with Crippen molar-refractivity contribution in [3.8, 4) is 11.1 Å². The number of benzene rings is 2. The topological polar surface area (TPSA) is 37.3 Å². The van der Waals surface area contributed by atoms with Gasteiger partial charge in [0.25, 0.3) is 0 Å². The molecule has 0 amide bonds. The van der Waals surface area contributed by atoms with Crippen LogP contribution in [0.4, 0.5) is 0 Å². The Kier molecular flexibility index (Phi) is 5.10. The summed E-state index contributed by atoms with van der Waals surface area (Å²) in [6.07, 6.45) is 0. The summed E-state index contributed by atoms with van der Waals surface area (Å²) in [4.78, 5) is 11.3. The van der Waals surface area contributed by atoms with Crippen molar-refractivity contribution in [3.05, 3.63) is 59.1 Å². The molecular formula is C16H15ClO2S. The molecule has 1 unspecified atom stereocenters. The minimum Gasteiger partial charge on any atom is -0.480 e. The Balaban J connectivity index is 2.30. The molecule has 0 bridgehead atoms. The normalized spacial score (nSPS) is 12.1. The van der Waals surface area contributed by atoms with Crippen LogP contribution in [0.3, 0.4) is 0 Å². The van der Waals surface area contributed by atoms with Crippen LogP contribution in [0.2, 0.25) is 5.02 Å². The van der Waals surface area contributed by atoms with Gasteiger partial charge in [-0.1, -0.05) is 61.0 Å². The van der Waals surface area contributed by atoms with E-state index in [1.807, 2.05) is 55.5 Å². The van der Waals surface area contributed by atoms with Crippen LogP contribution in [0.25, 0.3) is 11.1 Å². The highest BCUT2D eigenvalue weighted by atomic mass is 35.5. The third kappa shape index (κ3) is 3.35. The highest BCUT2D eigenvalue weighted by molar-refractivity contribution is 8.00. The molecule has 2 aromatic rings. The molecular weight excluding hydrogens is 292 g/mol. The van der Waals surface area contributed by atoms with E-state index in [1.165, 1.54) is 11.8 Å². The second kappa shape index (κ2) is 6.82. The van der Waals surface area contributed by atoms with E-state index in [-0.39, 0.29) is 0 Å². The first-order valence-electron chi connectivity index (χ1n) is 6.32. The van der Waals surface area contributed by atoms with Crippen LogP contribution < -0.4 is 0 Å². The Morgan fingerprint density at radius 3 is 2.40 bits per heavy atom. The lowest BCUT2D eigenvalue weighted by molar-refractivity contribution is -0.136. The fraction of sp³-hybridized carbons (Fsp3) is 0.188. The van der Waals surface area contributed by atoms with Gasteiger partial charge in [0.05, 0.1) is 0 Å². The van der Waals surface area contributed by atoms with Gasteiger partial charge in [-0.05, 0) is 22.9 Å². The average Bonchev–Trinajstić information content (AvgIpc) is 2.45. The van der Waals surface area contributed by atoms with Gasteiger partial charge in [0, 0.05) is 10.6 Å². The zero-order valence-electron chi connectivity index (χ0n) is 11.0. The van der Waals surface area contributed by atoms with Crippen molar-refractivity contribution < 1.29 is 9.90 Å². The summed E-state index contributed by atoms with van der Waals surface area (Å²) in [7, 11) is 0. The quantitative estimate of drug-likeness (QED) is 0.855. The van der Waals surface area contributed by atoms with Gasteiger partial charge in [-0.3, -0.25) is 4.79 Å². The van der Waals surface area contributed by atoms with Gasteiger partial charge in [-0.2, -0.15) is 0 Å². The third-order valence-corrected chi connectivity index (χ3v) is 4.43. The van der Waals surface area contributed by atoms with Crippen LogP contribution in [-0.2, 0) is 4.79 Å². The molecule has 104 valence electrons. The Morgan fingerprint density at radius 1 is 1.20 bits per heavy atom. The minimum absolute atomic E-state index is 0.514. The number of rotatable bonds is 5. The molecule has 0 aromatic heterocycles. The molecule has 1 atom stereocenters. The summed E-state index contributed by atoms with van der Waals surface area (Å²) >= 11 is 7.58. The lowest BCUT2D eigenvalue weighted by atomic mass is 10.0. The summed E-state index contributed by atoms with van der Waals surface area (Å²) < 4.78 is 0. The van der Waals surface area contributed by atoms with Gasteiger partial charge >= 0.3 is 5.97 Å². The highest BCUT2D eigenvalue weighted by Crippen LogP contribution is 2.32. The average molecular weight is 307 g/mol. The summed E-state index contributed by atoms with van der Waals surface area (Å²) in [6, 6.07) is 15.2. The molecule has 4 heteroatoms. The standard InChI is InChI=1S/C16H15ClO2S/c1-2-20-15(16(18)19)12-9-7-11(8-10-12)13-5-3-4-6-14(13)17/h3-10,15H,2H2,1H3,(H,18,19). The number of carboxylic acid groups (broad SMARTS) is 1. The maximum absolute atomic E-state index is 11.3. The lowest BCUT2D eigenvalue weighted by Gasteiger charge is -2.12. The van der Waals surface area contributed by atoms with Gasteiger partial charge in [-0.15, -0.1) is 11.8 Å². The Morgan fingerprint density at radius 2 is 1.85 bits per heavy atom. The minimum atomic E-state index is -0.803. The maximum Gasteiger partial charge on any atom is 0.321 e. The molecule has 0 aliphatic heterocycles. The monoisotopic (exact) mass is 306 g/mol. The van der Waals surface area contributed by atoms with Crippen molar-refractivity contribution in [2.45, 2.75) is 12.2 Å². The van der Waals surface area contributed by atoms with Crippen molar-refractivity contribution in [1.82, 2.24) is 0 Å². The van der Waals surface area contributed by atoms with Crippen molar-refractivity contribution in [2.75, 3.05) is 5.75 Å². The van der Waals surface area contributed by atoms with E-state index in [1.54, 1.807) is 0 Å². The van der Waals surface area contributed by atoms with E-state index in [9.17, 15) is 9.90 Å². The molecule has 0 fully saturated rings. The SMILES string of the molecule is CCSC(C(=O)O)c1ccc(-c2ccccc2Cl)cc1. The number of aliphatic carboxylic acids is 1. The van der Waals surface area contributed by atoms with Gasteiger partial charge in [0.1, 0.15) is 5.25 Å². The van der Waals surface area contributed by atoms with Gasteiger partial charge < -0.3 is 5.11 Å². The van der Waals surface area contributed by atoms with Crippen molar-refractivity contribution in [1.29, 1.82) is 0 Å². The summed E-state index contributed by atoms with van der Waals surface area (Å²) in [6.45, 7) is 1.96. The molecule has 2 nitrogen and oxygen atoms in total. The molecule has 20 heavy (non-hydrogen) atoms. The first-order chi connectivity index (χ1) is 9.63. The summed E-state index contributed by atoms with van der Waals surface area (Å²) in [5, 5.41) is 9.43. The van der Waals surface area contributed by atoms with Crippen molar-refractivity contribution in [3.63, 3.8) is 0 Å². The number of thioether (sulfide) groups is 1. The molecule has 1 N–H and O–H groups in total. The van der Waals surface area contributed by atoms with E-state index in [4.69, 9.17) is 11.6 Å². The molecule has 0 aliphatic carbocycles. The zero-order chi connectivity index (χ0) is 14.5. The van der Waals surface area contributed by atoms with E-state index in [2.05, 4.69) is 0 Å². The van der Waals surface area contributed by atoms with E-state index in [0.717, 1.165) is 22.4 Å². The van der Waals surface area contributed by atoms with Gasteiger partial charge in [0.15, 0.2) is 0 Å². The van der Waals surface area contributed by atoms with E-state index in [0.29, 0.717) is 5.02 Å². The Hall–Kier alpha value is -1.45. The molecule has 0 saturated carbocycles. The number of carbonyl (C=O) groups is 1. The molecule has 2 rings (SSSR count). The summed E-state index contributed by atoms with van der Waals surface area (Å²) in [5.74, 6) is -0.0363. The smallest absolute Gasteiger partial charge is 0.321 e. The number of halogens is 1. The van der Waals surface area contributed by atoms with Crippen LogP contribution in [0.5, 0.6) is 0 Å². The third-order valence-electron chi connectivity index (χ3n) is 2.96. The van der Waals surface area contributed by atoms with Crippen LogP contribution in [0, 0.1) is 0 Å². The van der Waals surface area contributed by atoms with Gasteiger partial charge in [-0.25, -0.2) is 0 Å². The lowest BCUT2D eigenvalue weighted by Crippen LogP contribution is -2.08. The van der Waals surface area contributed by atoms with Crippen LogP contribution >= 0.6 is 23.4 Å². The Labute approximate surface area is 127 Å². The number of hydrogen-bond acceptors (Lipinski definition) is 2. The predicted octanol–water partition coefficient (Wildman–Crippen LogP) is 4.89. The van der Waals surface area contributed by atoms with Gasteiger partial charge in [0.2, 0.25) is 0 Å². The summed E-state index contributed by atoms with van der Waals surface area (Å²) in [5.41, 5.74) is 2.75. The van der Waals surface area contributed by atoms with Crippen LogP contribution in [-0.4, -0.2) is 16.8 Å². The van der Waals surface area contributed by atoms with E-state index < -0.39 is 11.2 Å². The molecule has 2 aromatic carbocycles. The van der Waals surface area contributed by atoms with Crippen molar-refractivity contribution >= 4 is 29.3 Å². The molecule has 0 radical (unpaired) electrons.